The van der Waals surface area contributed by atoms with Gasteiger partial charge in [0.25, 0.3) is 0 Å². The summed E-state index contributed by atoms with van der Waals surface area (Å²) in [6, 6.07) is 0. The summed E-state index contributed by atoms with van der Waals surface area (Å²) in [6.45, 7) is 15.0. The molecule has 0 saturated carbocycles. The molecular weight excluding hydrogens is 292 g/mol. The highest BCUT2D eigenvalue weighted by Gasteiger charge is 2.42. The van der Waals surface area contributed by atoms with Gasteiger partial charge in [-0.3, -0.25) is 0 Å². The van der Waals surface area contributed by atoms with Crippen LogP contribution in [0.2, 0.25) is 0 Å². The molecule has 3 atom stereocenters. The Morgan fingerprint density at radius 2 is 2.11 bits per heavy atom. The molecule has 100 valence electrons. The maximum Gasteiger partial charge on any atom is 0.148 e. The van der Waals surface area contributed by atoms with Crippen LogP contribution in [0.1, 0.15) is 27.2 Å². The highest BCUT2D eigenvalue weighted by atomic mass is 79.9. The lowest BCUT2D eigenvalue weighted by Gasteiger charge is -2.45. The molecule has 0 aromatic rings. The van der Waals surface area contributed by atoms with E-state index in [0.29, 0.717) is 12.7 Å². The van der Waals surface area contributed by atoms with Crippen molar-refractivity contribution in [3.05, 3.63) is 34.9 Å². The lowest BCUT2D eigenvalue weighted by Crippen LogP contribution is -2.40. The summed E-state index contributed by atoms with van der Waals surface area (Å²) in [4.78, 5) is 0. The minimum absolute atomic E-state index is 0.0331. The van der Waals surface area contributed by atoms with E-state index in [4.69, 9.17) is 9.47 Å². The van der Waals surface area contributed by atoms with E-state index in [1.54, 1.807) is 0 Å². The van der Waals surface area contributed by atoms with Gasteiger partial charge >= 0.3 is 0 Å². The van der Waals surface area contributed by atoms with E-state index < -0.39 is 0 Å². The van der Waals surface area contributed by atoms with Crippen molar-refractivity contribution in [2.24, 2.45) is 11.3 Å². The molecule has 2 nitrogen and oxygen atoms in total. The van der Waals surface area contributed by atoms with E-state index in [1.165, 1.54) is 4.48 Å². The molecule has 0 N–H and O–H groups in total. The van der Waals surface area contributed by atoms with E-state index in [2.05, 4.69) is 49.0 Å². The van der Waals surface area contributed by atoms with Gasteiger partial charge in [0.15, 0.2) is 0 Å². The molecule has 0 radical (unpaired) electrons. The summed E-state index contributed by atoms with van der Waals surface area (Å²) in [6.07, 6.45) is 3.03. The van der Waals surface area contributed by atoms with Crippen LogP contribution in [0, 0.1) is 11.3 Å². The summed E-state index contributed by atoms with van der Waals surface area (Å²) in [5, 5.41) is 0. The average Bonchev–Trinajstić information content (AvgIpc) is 2.26. The van der Waals surface area contributed by atoms with E-state index in [9.17, 15) is 0 Å². The van der Waals surface area contributed by atoms with Gasteiger partial charge in [-0.15, -0.1) is 0 Å². The second-order valence-corrected chi connectivity index (χ2v) is 6.66. The largest absolute Gasteiger partial charge is 0.348 e. The molecule has 0 amide bonds. The fourth-order valence-electron chi connectivity index (χ4n) is 2.70. The van der Waals surface area contributed by atoms with Gasteiger partial charge in [-0.2, -0.15) is 0 Å². The Kier molecular flexibility index (Phi) is 3.86. The second-order valence-electron chi connectivity index (χ2n) is 5.81. The quantitative estimate of drug-likeness (QED) is 0.676. The van der Waals surface area contributed by atoms with Crippen molar-refractivity contribution in [1.29, 1.82) is 0 Å². The van der Waals surface area contributed by atoms with E-state index in [0.717, 1.165) is 17.6 Å². The zero-order valence-corrected chi connectivity index (χ0v) is 12.9. The summed E-state index contributed by atoms with van der Waals surface area (Å²) in [7, 11) is 0. The Hall–Kier alpha value is -0.380. The Labute approximate surface area is 118 Å². The average molecular weight is 313 g/mol. The Morgan fingerprint density at radius 1 is 1.44 bits per heavy atom. The van der Waals surface area contributed by atoms with Crippen molar-refractivity contribution in [2.75, 3.05) is 6.79 Å². The first-order valence-electron chi connectivity index (χ1n) is 6.29. The zero-order valence-electron chi connectivity index (χ0n) is 11.3. The molecule has 1 aliphatic carbocycles. The Morgan fingerprint density at radius 3 is 2.72 bits per heavy atom. The molecule has 1 saturated heterocycles. The van der Waals surface area contributed by atoms with Crippen LogP contribution in [0.15, 0.2) is 34.9 Å². The number of hydrogen-bond donors (Lipinski definition) is 0. The van der Waals surface area contributed by atoms with Crippen LogP contribution in [-0.4, -0.2) is 19.0 Å². The number of hydrogen-bond acceptors (Lipinski definition) is 2. The molecule has 1 fully saturated rings. The molecule has 2 bridgehead atoms. The van der Waals surface area contributed by atoms with Gasteiger partial charge in [0.05, 0.1) is 6.10 Å². The van der Waals surface area contributed by atoms with Crippen LogP contribution < -0.4 is 0 Å². The van der Waals surface area contributed by atoms with Crippen molar-refractivity contribution in [2.45, 2.75) is 39.4 Å². The lowest BCUT2D eigenvalue weighted by molar-refractivity contribution is -0.113. The number of ether oxygens (including phenoxy) is 2. The summed E-state index contributed by atoms with van der Waals surface area (Å²) < 4.78 is 12.7. The van der Waals surface area contributed by atoms with Gasteiger partial charge in [0.2, 0.25) is 0 Å². The first kappa shape index (κ1) is 14.0. The van der Waals surface area contributed by atoms with Crippen molar-refractivity contribution < 1.29 is 9.47 Å². The third-order valence-corrected chi connectivity index (χ3v) is 5.40. The zero-order chi connectivity index (χ0) is 13.5. The van der Waals surface area contributed by atoms with Gasteiger partial charge in [-0.25, -0.2) is 0 Å². The predicted octanol–water partition coefficient (Wildman–Crippen LogP) is 4.19. The molecule has 18 heavy (non-hydrogen) atoms. The topological polar surface area (TPSA) is 18.5 Å². The third kappa shape index (κ3) is 2.36. The van der Waals surface area contributed by atoms with E-state index in [1.807, 2.05) is 6.92 Å². The van der Waals surface area contributed by atoms with Crippen molar-refractivity contribution in [3.63, 3.8) is 0 Å². The van der Waals surface area contributed by atoms with E-state index in [-0.39, 0.29) is 17.6 Å². The number of fused-ring (bicyclic) bond motifs is 2. The molecule has 2 aliphatic rings. The van der Waals surface area contributed by atoms with E-state index >= 15 is 0 Å². The second kappa shape index (κ2) is 4.95. The molecule has 1 heterocycles. The van der Waals surface area contributed by atoms with Crippen molar-refractivity contribution >= 4 is 15.9 Å². The van der Waals surface area contributed by atoms with Gasteiger partial charge in [0, 0.05) is 9.90 Å². The first-order valence-corrected chi connectivity index (χ1v) is 7.08. The Bertz CT molecular complexity index is 409. The standard InChI is InChI=1S/C15H21BrO2/c1-9(2)12-6-11-10(3)13(18-8-17-12)7-14(16)15(11,4)5/h7,11-13H,1,3,6,8H2,2,4-5H3/t11-,12+,13+/m0/s1. The number of rotatable bonds is 1. The maximum atomic E-state index is 5.75. The fraction of sp³-hybridized carbons (Fsp3) is 0.600. The summed E-state index contributed by atoms with van der Waals surface area (Å²) >= 11 is 3.69. The normalized spacial score (nSPS) is 35.4. The van der Waals surface area contributed by atoms with Crippen molar-refractivity contribution in [1.82, 2.24) is 0 Å². The van der Waals surface area contributed by atoms with Gasteiger partial charge < -0.3 is 9.47 Å². The van der Waals surface area contributed by atoms with Crippen LogP contribution in [0.3, 0.4) is 0 Å². The third-order valence-electron chi connectivity index (χ3n) is 4.11. The van der Waals surface area contributed by atoms with Crippen LogP contribution in [-0.2, 0) is 9.47 Å². The SMILES string of the molecule is C=C(C)[C@H]1C[C@H]2C(=C)[C@@H](C=C(Br)C2(C)C)OCO1. The molecule has 2 rings (SSSR count). The van der Waals surface area contributed by atoms with Crippen LogP contribution in [0.5, 0.6) is 0 Å². The summed E-state index contributed by atoms with van der Waals surface area (Å²) in [5.41, 5.74) is 2.23. The molecule has 3 heteroatoms. The molecule has 1 aliphatic heterocycles. The van der Waals surface area contributed by atoms with Crippen molar-refractivity contribution in [3.8, 4) is 0 Å². The van der Waals surface area contributed by atoms with Gasteiger partial charge in [-0.05, 0) is 30.9 Å². The molecule has 0 aromatic carbocycles. The highest BCUT2D eigenvalue weighted by Crippen LogP contribution is 2.50. The number of allylic oxidation sites excluding steroid dienone is 1. The molecule has 0 unspecified atom stereocenters. The van der Waals surface area contributed by atoms with Crippen LogP contribution >= 0.6 is 15.9 Å². The van der Waals surface area contributed by atoms with Crippen LogP contribution in [0.4, 0.5) is 0 Å². The van der Waals surface area contributed by atoms with Crippen LogP contribution in [0.25, 0.3) is 0 Å². The van der Waals surface area contributed by atoms with Gasteiger partial charge in [-0.1, -0.05) is 48.5 Å². The maximum absolute atomic E-state index is 5.75. The van der Waals surface area contributed by atoms with Gasteiger partial charge in [0.1, 0.15) is 12.9 Å². The fourth-order valence-corrected chi connectivity index (χ4v) is 3.22. The predicted molar refractivity (Wildman–Crippen MR) is 77.5 cm³/mol. The smallest absolute Gasteiger partial charge is 0.148 e. The minimum Gasteiger partial charge on any atom is -0.348 e. The molecule has 0 aromatic heterocycles. The molecule has 0 spiro atoms. The lowest BCUT2D eigenvalue weighted by atomic mass is 9.67. The Balaban J connectivity index is 2.37. The monoisotopic (exact) mass is 312 g/mol. The molecular formula is C15H21BrO2. The first-order chi connectivity index (χ1) is 8.34. The minimum atomic E-state index is -0.0385. The summed E-state index contributed by atoms with van der Waals surface area (Å²) in [5.74, 6) is 0.337. The highest BCUT2D eigenvalue weighted by molar-refractivity contribution is 9.11. The number of halogens is 1.